The van der Waals surface area contributed by atoms with Crippen molar-refractivity contribution < 1.29 is 4.79 Å². The van der Waals surface area contributed by atoms with Gasteiger partial charge in [0, 0.05) is 11.1 Å². The molecule has 25 heavy (non-hydrogen) atoms. The minimum atomic E-state index is -0.0281. The van der Waals surface area contributed by atoms with E-state index < -0.39 is 0 Å². The zero-order valence-electron chi connectivity index (χ0n) is 15.5. The Labute approximate surface area is 151 Å². The topological polar surface area (TPSA) is 32.3 Å². The molecule has 2 aromatic carbocycles. The molecule has 0 aromatic heterocycles. The van der Waals surface area contributed by atoms with Crippen LogP contribution in [0.15, 0.2) is 54.6 Å². The van der Waals surface area contributed by atoms with Crippen molar-refractivity contribution in [1.29, 1.82) is 0 Å². The minimum absolute atomic E-state index is 0.0140. The number of benzene rings is 2. The lowest BCUT2D eigenvalue weighted by Crippen LogP contribution is -2.53. The molecule has 3 heteroatoms. The third-order valence-corrected chi connectivity index (χ3v) is 5.70. The Morgan fingerprint density at radius 1 is 1.00 bits per heavy atom. The van der Waals surface area contributed by atoms with Crippen molar-refractivity contribution in [2.24, 2.45) is 0 Å². The average Bonchev–Trinajstić information content (AvgIpc) is 3.11. The number of amides is 1. The Bertz CT molecular complexity index is 718. The van der Waals surface area contributed by atoms with E-state index in [9.17, 15) is 4.79 Å². The number of carbonyl (C=O) groups excluding carboxylic acids is 1. The molecular formula is C22H28N2O. The van der Waals surface area contributed by atoms with E-state index in [0.29, 0.717) is 0 Å². The molecule has 1 amide bonds. The Morgan fingerprint density at radius 3 is 2.20 bits per heavy atom. The SMILES string of the molecule is Cc1ccccc1C(=O)NC(c1ccccc1)C1(N(C)C)CCCC1. The summed E-state index contributed by atoms with van der Waals surface area (Å²) in [4.78, 5) is 15.4. The first-order chi connectivity index (χ1) is 12.0. The average molecular weight is 336 g/mol. The van der Waals surface area contributed by atoms with E-state index in [1.165, 1.54) is 18.4 Å². The van der Waals surface area contributed by atoms with Gasteiger partial charge in [0.1, 0.15) is 0 Å². The summed E-state index contributed by atoms with van der Waals surface area (Å²) in [6, 6.07) is 18.2. The highest BCUT2D eigenvalue weighted by molar-refractivity contribution is 5.95. The summed E-state index contributed by atoms with van der Waals surface area (Å²) >= 11 is 0. The molecule has 1 unspecified atom stereocenters. The van der Waals surface area contributed by atoms with Crippen molar-refractivity contribution in [3.63, 3.8) is 0 Å². The third kappa shape index (κ3) is 3.47. The molecule has 132 valence electrons. The quantitative estimate of drug-likeness (QED) is 0.881. The van der Waals surface area contributed by atoms with Gasteiger partial charge in [0.2, 0.25) is 0 Å². The van der Waals surface area contributed by atoms with Gasteiger partial charge in [-0.15, -0.1) is 0 Å². The first-order valence-corrected chi connectivity index (χ1v) is 9.13. The molecule has 2 aromatic rings. The lowest BCUT2D eigenvalue weighted by molar-refractivity contribution is 0.0766. The molecule has 0 aliphatic heterocycles. The Balaban J connectivity index is 1.98. The van der Waals surface area contributed by atoms with Gasteiger partial charge in [-0.05, 0) is 51.1 Å². The Kier molecular flexibility index (Phi) is 5.24. The van der Waals surface area contributed by atoms with Crippen LogP contribution in [0, 0.1) is 6.92 Å². The fourth-order valence-corrected chi connectivity index (χ4v) is 4.19. The van der Waals surface area contributed by atoms with E-state index in [2.05, 4.69) is 48.6 Å². The van der Waals surface area contributed by atoms with Gasteiger partial charge in [0.25, 0.3) is 5.91 Å². The van der Waals surface area contributed by atoms with Crippen LogP contribution in [0.3, 0.4) is 0 Å². The van der Waals surface area contributed by atoms with Crippen molar-refractivity contribution in [3.8, 4) is 0 Å². The number of nitrogens with zero attached hydrogens (tertiary/aromatic N) is 1. The first kappa shape index (κ1) is 17.7. The van der Waals surface area contributed by atoms with Crippen LogP contribution < -0.4 is 5.32 Å². The lowest BCUT2D eigenvalue weighted by Gasteiger charge is -2.44. The van der Waals surface area contributed by atoms with Crippen molar-refractivity contribution in [2.75, 3.05) is 14.1 Å². The molecule has 1 atom stereocenters. The number of likely N-dealkylation sites (N-methyl/N-ethyl adjacent to an activating group) is 1. The maximum absolute atomic E-state index is 13.0. The molecule has 0 radical (unpaired) electrons. The molecule has 1 saturated carbocycles. The lowest BCUT2D eigenvalue weighted by atomic mass is 9.82. The molecule has 0 heterocycles. The van der Waals surface area contributed by atoms with Gasteiger partial charge in [0.05, 0.1) is 6.04 Å². The van der Waals surface area contributed by atoms with E-state index in [1.54, 1.807) is 0 Å². The molecule has 1 N–H and O–H groups in total. The van der Waals surface area contributed by atoms with Gasteiger partial charge >= 0.3 is 0 Å². The summed E-state index contributed by atoms with van der Waals surface area (Å²) in [5, 5.41) is 3.37. The molecule has 0 bridgehead atoms. The summed E-state index contributed by atoms with van der Waals surface area (Å²) in [6.45, 7) is 1.99. The molecule has 3 rings (SSSR count). The third-order valence-electron chi connectivity index (χ3n) is 5.70. The van der Waals surface area contributed by atoms with Crippen molar-refractivity contribution in [1.82, 2.24) is 10.2 Å². The van der Waals surface area contributed by atoms with Crippen molar-refractivity contribution in [3.05, 3.63) is 71.3 Å². The smallest absolute Gasteiger partial charge is 0.252 e. The maximum atomic E-state index is 13.0. The number of hydrogen-bond donors (Lipinski definition) is 1. The van der Waals surface area contributed by atoms with Crippen LogP contribution in [-0.4, -0.2) is 30.4 Å². The number of rotatable bonds is 5. The summed E-state index contributed by atoms with van der Waals surface area (Å²) in [6.07, 6.45) is 4.63. The second-order valence-electron chi connectivity index (χ2n) is 7.34. The standard InChI is InChI=1S/C22H28N2O/c1-17-11-7-8-14-19(17)21(25)23-20(18-12-5-4-6-13-18)22(24(2)3)15-9-10-16-22/h4-8,11-14,20H,9-10,15-16H2,1-3H3,(H,23,25). The summed E-state index contributed by atoms with van der Waals surface area (Å²) in [5.41, 5.74) is 2.92. The molecule has 0 saturated heterocycles. The van der Waals surface area contributed by atoms with E-state index in [-0.39, 0.29) is 17.5 Å². The summed E-state index contributed by atoms with van der Waals surface area (Å²) in [5.74, 6) is 0.0140. The molecule has 1 aliphatic carbocycles. The summed E-state index contributed by atoms with van der Waals surface area (Å²) < 4.78 is 0. The zero-order valence-corrected chi connectivity index (χ0v) is 15.5. The van der Waals surface area contributed by atoms with E-state index in [4.69, 9.17) is 0 Å². The highest BCUT2D eigenvalue weighted by atomic mass is 16.1. The zero-order chi connectivity index (χ0) is 17.9. The molecule has 1 aliphatic rings. The molecular weight excluding hydrogens is 308 g/mol. The van der Waals surface area contributed by atoms with Gasteiger partial charge < -0.3 is 10.2 Å². The van der Waals surface area contributed by atoms with Gasteiger partial charge in [-0.2, -0.15) is 0 Å². The fraction of sp³-hybridized carbons (Fsp3) is 0.409. The van der Waals surface area contributed by atoms with Crippen molar-refractivity contribution in [2.45, 2.75) is 44.2 Å². The predicted molar refractivity (Wildman–Crippen MR) is 103 cm³/mol. The highest BCUT2D eigenvalue weighted by Gasteiger charge is 2.44. The highest BCUT2D eigenvalue weighted by Crippen LogP contribution is 2.43. The van der Waals surface area contributed by atoms with Crippen LogP contribution >= 0.6 is 0 Å². The van der Waals surface area contributed by atoms with E-state index >= 15 is 0 Å². The second kappa shape index (κ2) is 7.40. The summed E-state index contributed by atoms with van der Waals surface area (Å²) in [7, 11) is 4.28. The Hall–Kier alpha value is -2.13. The van der Waals surface area contributed by atoms with E-state index in [1.807, 2.05) is 37.3 Å². The van der Waals surface area contributed by atoms with Crippen LogP contribution in [0.1, 0.15) is 53.2 Å². The van der Waals surface area contributed by atoms with Gasteiger partial charge in [-0.3, -0.25) is 4.79 Å². The normalized spacial score (nSPS) is 17.4. The molecule has 0 spiro atoms. The first-order valence-electron chi connectivity index (χ1n) is 9.13. The molecule has 3 nitrogen and oxygen atoms in total. The van der Waals surface area contributed by atoms with Crippen LogP contribution in [0.2, 0.25) is 0 Å². The van der Waals surface area contributed by atoms with Crippen LogP contribution in [-0.2, 0) is 0 Å². The maximum Gasteiger partial charge on any atom is 0.252 e. The number of carbonyl (C=O) groups is 1. The number of hydrogen-bond acceptors (Lipinski definition) is 2. The van der Waals surface area contributed by atoms with Crippen LogP contribution in [0.5, 0.6) is 0 Å². The van der Waals surface area contributed by atoms with Gasteiger partial charge in [-0.1, -0.05) is 61.4 Å². The largest absolute Gasteiger partial charge is 0.343 e. The van der Waals surface area contributed by atoms with Crippen molar-refractivity contribution >= 4 is 5.91 Å². The number of aryl methyl sites for hydroxylation is 1. The van der Waals surface area contributed by atoms with Gasteiger partial charge in [0.15, 0.2) is 0 Å². The minimum Gasteiger partial charge on any atom is -0.343 e. The predicted octanol–water partition coefficient (Wildman–Crippen LogP) is 4.34. The van der Waals surface area contributed by atoms with E-state index in [0.717, 1.165) is 24.0 Å². The Morgan fingerprint density at radius 2 is 1.60 bits per heavy atom. The second-order valence-corrected chi connectivity index (χ2v) is 7.34. The van der Waals surface area contributed by atoms with Crippen LogP contribution in [0.25, 0.3) is 0 Å². The fourth-order valence-electron chi connectivity index (χ4n) is 4.19. The van der Waals surface area contributed by atoms with Crippen LogP contribution in [0.4, 0.5) is 0 Å². The molecule has 1 fully saturated rings. The van der Waals surface area contributed by atoms with Gasteiger partial charge in [-0.25, -0.2) is 0 Å². The number of nitrogens with one attached hydrogen (secondary N) is 1. The monoisotopic (exact) mass is 336 g/mol.